The van der Waals surface area contributed by atoms with E-state index in [1.54, 1.807) is 0 Å². The van der Waals surface area contributed by atoms with Crippen LogP contribution in [0, 0.1) is 0 Å². The molecule has 0 fully saturated rings. The van der Waals surface area contributed by atoms with E-state index in [2.05, 4.69) is 5.10 Å². The number of carbonyl (C=O) groups is 1. The van der Waals surface area contributed by atoms with Gasteiger partial charge in [0.05, 0.1) is 19.2 Å². The second-order valence-corrected chi connectivity index (χ2v) is 4.07. The highest BCUT2D eigenvalue weighted by atomic mass is 16.5. The molecule has 1 aromatic carbocycles. The number of methoxy groups -OCH3 is 1. The molecule has 0 aliphatic rings. The molecule has 7 nitrogen and oxygen atoms in total. The molecule has 104 valence electrons. The lowest BCUT2D eigenvalue weighted by Crippen LogP contribution is -2.28. The van der Waals surface area contributed by atoms with Gasteiger partial charge in [0.25, 0.3) is 11.1 Å². The van der Waals surface area contributed by atoms with Gasteiger partial charge < -0.3 is 9.84 Å². The number of hydrogen-bond donors (Lipinski definition) is 2. The molecule has 0 aliphatic carbocycles. The summed E-state index contributed by atoms with van der Waals surface area (Å²) in [5, 5.41) is 11.3. The third-order valence-electron chi connectivity index (χ3n) is 2.74. The maximum absolute atomic E-state index is 11.6. The molecule has 0 spiro atoms. The van der Waals surface area contributed by atoms with Gasteiger partial charge in [0, 0.05) is 17.7 Å². The average Bonchev–Trinajstić information content (AvgIpc) is 2.42. The molecule has 0 radical (unpaired) electrons. The Morgan fingerprint density at radius 3 is 2.70 bits per heavy atom. The van der Waals surface area contributed by atoms with Gasteiger partial charge in [0.1, 0.15) is 5.75 Å². The van der Waals surface area contributed by atoms with Gasteiger partial charge in [-0.15, -0.1) is 0 Å². The van der Waals surface area contributed by atoms with E-state index >= 15 is 0 Å². The van der Waals surface area contributed by atoms with E-state index in [1.165, 1.54) is 25.3 Å². The number of carboxylic acid groups (broad SMARTS) is 1. The largest absolute Gasteiger partial charge is 0.496 e. The van der Waals surface area contributed by atoms with Crippen LogP contribution in [-0.2, 0) is 6.54 Å². The van der Waals surface area contributed by atoms with Gasteiger partial charge in [-0.3, -0.25) is 14.7 Å². The number of H-pyrrole nitrogens is 1. The molecule has 0 aliphatic heterocycles. The molecular formula is C13H12N2O5. The number of hydrogen-bond acceptors (Lipinski definition) is 4. The zero-order valence-corrected chi connectivity index (χ0v) is 10.6. The van der Waals surface area contributed by atoms with Crippen molar-refractivity contribution in [3.8, 4) is 5.75 Å². The minimum atomic E-state index is -1.08. The Morgan fingerprint density at radius 1 is 1.30 bits per heavy atom. The monoisotopic (exact) mass is 276 g/mol. The summed E-state index contributed by atoms with van der Waals surface area (Å²) in [4.78, 5) is 33.8. The number of ether oxygens (including phenoxy) is 1. The summed E-state index contributed by atoms with van der Waals surface area (Å²) in [6.45, 7) is 0.0131. The minimum absolute atomic E-state index is 0.0131. The van der Waals surface area contributed by atoms with Crippen LogP contribution in [0.3, 0.4) is 0 Å². The first-order chi connectivity index (χ1) is 9.51. The molecule has 0 atom stereocenters. The fourth-order valence-corrected chi connectivity index (χ4v) is 1.79. The maximum Gasteiger partial charge on any atom is 0.335 e. The molecule has 1 heterocycles. The second-order valence-electron chi connectivity index (χ2n) is 4.07. The number of carboxylic acids is 1. The summed E-state index contributed by atoms with van der Waals surface area (Å²) >= 11 is 0. The Kier molecular flexibility index (Phi) is 3.69. The smallest absolute Gasteiger partial charge is 0.335 e. The van der Waals surface area contributed by atoms with E-state index in [9.17, 15) is 14.4 Å². The van der Waals surface area contributed by atoms with Crippen LogP contribution in [0.15, 0.2) is 39.9 Å². The van der Waals surface area contributed by atoms with Gasteiger partial charge in [-0.25, -0.2) is 9.48 Å². The molecule has 0 amide bonds. The van der Waals surface area contributed by atoms with Crippen molar-refractivity contribution in [3.05, 3.63) is 62.2 Å². The highest BCUT2D eigenvalue weighted by molar-refractivity contribution is 5.88. The van der Waals surface area contributed by atoms with Crippen molar-refractivity contribution >= 4 is 5.97 Å². The Bertz CT molecular complexity index is 760. The standard InChI is InChI=1S/C13H12N2O5/c1-20-10-3-2-8(13(18)19)6-9(10)7-15-12(17)5-4-11(16)14-15/h2-6H,7H2,1H3,(H,14,16)(H,18,19). The second kappa shape index (κ2) is 5.43. The Labute approximate surface area is 113 Å². The summed E-state index contributed by atoms with van der Waals surface area (Å²) < 4.78 is 6.21. The molecular weight excluding hydrogens is 264 g/mol. The number of aromatic carboxylic acids is 1. The van der Waals surface area contributed by atoms with Crippen LogP contribution in [0.25, 0.3) is 0 Å². The fraction of sp³-hybridized carbons (Fsp3) is 0.154. The van der Waals surface area contributed by atoms with Crippen LogP contribution in [0.1, 0.15) is 15.9 Å². The van der Waals surface area contributed by atoms with Crippen molar-refractivity contribution in [3.63, 3.8) is 0 Å². The summed E-state index contributed by atoms with van der Waals surface area (Å²) in [6, 6.07) is 6.58. The van der Waals surface area contributed by atoms with Crippen molar-refractivity contribution in [1.29, 1.82) is 0 Å². The summed E-state index contributed by atoms with van der Waals surface area (Å²) in [5.41, 5.74) is -0.256. The van der Waals surface area contributed by atoms with E-state index in [0.29, 0.717) is 11.3 Å². The lowest BCUT2D eigenvalue weighted by molar-refractivity contribution is 0.0696. The van der Waals surface area contributed by atoms with Gasteiger partial charge in [-0.05, 0) is 18.2 Å². The molecule has 0 saturated heterocycles. The number of rotatable bonds is 4. The fourth-order valence-electron chi connectivity index (χ4n) is 1.79. The molecule has 2 N–H and O–H groups in total. The zero-order valence-electron chi connectivity index (χ0n) is 10.6. The number of nitrogens with one attached hydrogen (secondary N) is 1. The van der Waals surface area contributed by atoms with Crippen molar-refractivity contribution in [1.82, 2.24) is 9.78 Å². The molecule has 1 aromatic heterocycles. The molecule has 0 saturated carbocycles. The lowest BCUT2D eigenvalue weighted by atomic mass is 10.1. The zero-order chi connectivity index (χ0) is 14.7. The van der Waals surface area contributed by atoms with Gasteiger partial charge >= 0.3 is 5.97 Å². The van der Waals surface area contributed by atoms with Crippen LogP contribution in [0.4, 0.5) is 0 Å². The molecule has 2 rings (SSSR count). The molecule has 20 heavy (non-hydrogen) atoms. The van der Waals surface area contributed by atoms with Crippen LogP contribution in [0.5, 0.6) is 5.75 Å². The summed E-state index contributed by atoms with van der Waals surface area (Å²) in [5.74, 6) is -0.644. The van der Waals surface area contributed by atoms with Gasteiger partial charge in [-0.2, -0.15) is 0 Å². The van der Waals surface area contributed by atoms with E-state index in [4.69, 9.17) is 9.84 Å². The Morgan fingerprint density at radius 2 is 2.05 bits per heavy atom. The van der Waals surface area contributed by atoms with Crippen molar-refractivity contribution in [2.24, 2.45) is 0 Å². The first-order valence-corrected chi connectivity index (χ1v) is 5.71. The lowest BCUT2D eigenvalue weighted by Gasteiger charge is -2.10. The van der Waals surface area contributed by atoms with Crippen molar-refractivity contribution < 1.29 is 14.6 Å². The van der Waals surface area contributed by atoms with Crippen molar-refractivity contribution in [2.75, 3.05) is 7.11 Å². The highest BCUT2D eigenvalue weighted by Crippen LogP contribution is 2.20. The Hall–Kier alpha value is -2.83. The first-order valence-electron chi connectivity index (χ1n) is 5.71. The molecule has 0 bridgehead atoms. The summed E-state index contributed by atoms with van der Waals surface area (Å²) in [6.07, 6.45) is 0. The third kappa shape index (κ3) is 2.77. The van der Waals surface area contributed by atoms with E-state index in [0.717, 1.165) is 16.8 Å². The third-order valence-corrected chi connectivity index (χ3v) is 2.74. The van der Waals surface area contributed by atoms with Crippen LogP contribution >= 0.6 is 0 Å². The van der Waals surface area contributed by atoms with E-state index < -0.39 is 17.1 Å². The number of aromatic nitrogens is 2. The first kappa shape index (κ1) is 13.6. The van der Waals surface area contributed by atoms with Gasteiger partial charge in [-0.1, -0.05) is 0 Å². The van der Waals surface area contributed by atoms with Crippen LogP contribution in [-0.4, -0.2) is 28.0 Å². The highest BCUT2D eigenvalue weighted by Gasteiger charge is 2.10. The summed E-state index contributed by atoms with van der Waals surface area (Å²) in [7, 11) is 1.44. The topological polar surface area (TPSA) is 101 Å². The predicted octanol–water partition coefficient (Wildman–Crippen LogP) is 0.292. The molecule has 0 unspecified atom stereocenters. The Balaban J connectivity index is 2.48. The van der Waals surface area contributed by atoms with Gasteiger partial charge in [0.15, 0.2) is 0 Å². The molecule has 7 heteroatoms. The van der Waals surface area contributed by atoms with Crippen LogP contribution in [0.2, 0.25) is 0 Å². The quantitative estimate of drug-likeness (QED) is 0.835. The normalized spacial score (nSPS) is 10.2. The SMILES string of the molecule is COc1ccc(C(=O)O)cc1Cn1[nH]c(=O)ccc1=O. The number of benzene rings is 1. The minimum Gasteiger partial charge on any atom is -0.496 e. The van der Waals surface area contributed by atoms with E-state index in [-0.39, 0.29) is 12.1 Å². The maximum atomic E-state index is 11.6. The number of aromatic amines is 1. The van der Waals surface area contributed by atoms with Gasteiger partial charge in [0.2, 0.25) is 0 Å². The van der Waals surface area contributed by atoms with E-state index in [1.807, 2.05) is 0 Å². The average molecular weight is 276 g/mol. The molecule has 2 aromatic rings. The van der Waals surface area contributed by atoms with Crippen molar-refractivity contribution in [2.45, 2.75) is 6.54 Å². The predicted molar refractivity (Wildman–Crippen MR) is 70.4 cm³/mol. The number of nitrogens with zero attached hydrogens (tertiary/aromatic N) is 1. The van der Waals surface area contributed by atoms with Crippen LogP contribution < -0.4 is 15.9 Å².